The van der Waals surface area contributed by atoms with E-state index in [-0.39, 0.29) is 0 Å². The van der Waals surface area contributed by atoms with E-state index in [2.05, 4.69) is 55.6 Å². The molecule has 88 valence electrons. The van der Waals surface area contributed by atoms with Crippen LogP contribution in [0.3, 0.4) is 0 Å². The minimum Gasteiger partial charge on any atom is -0.316 e. The van der Waals surface area contributed by atoms with E-state index in [0.717, 1.165) is 25.9 Å². The molecule has 0 heterocycles. The average molecular weight is 217 g/mol. The van der Waals surface area contributed by atoms with Crippen molar-refractivity contribution >= 4 is 0 Å². The van der Waals surface area contributed by atoms with Crippen molar-refractivity contribution in [2.24, 2.45) is 0 Å². The van der Waals surface area contributed by atoms with Gasteiger partial charge in [0.05, 0.1) is 0 Å². The first-order chi connectivity index (χ1) is 7.83. The fourth-order valence-corrected chi connectivity index (χ4v) is 1.71. The number of hydrogen-bond donors (Lipinski definition) is 1. The number of allylic oxidation sites excluding steroid dienone is 1. The Morgan fingerprint density at radius 2 is 1.94 bits per heavy atom. The Morgan fingerprint density at radius 1 is 1.19 bits per heavy atom. The average Bonchev–Trinajstić information content (AvgIpc) is 2.30. The van der Waals surface area contributed by atoms with Gasteiger partial charge in [-0.2, -0.15) is 0 Å². The molecule has 0 saturated carbocycles. The highest BCUT2D eigenvalue weighted by molar-refractivity contribution is 5.20. The fourth-order valence-electron chi connectivity index (χ4n) is 1.71. The minimum absolute atomic E-state index is 1.08. The summed E-state index contributed by atoms with van der Waals surface area (Å²) >= 11 is 0. The molecule has 0 aliphatic rings. The smallest absolute Gasteiger partial charge is 0.00142 e. The van der Waals surface area contributed by atoms with Gasteiger partial charge < -0.3 is 5.32 Å². The van der Waals surface area contributed by atoms with Crippen molar-refractivity contribution in [2.75, 3.05) is 13.1 Å². The molecule has 1 aromatic carbocycles. The molecule has 0 aromatic heterocycles. The minimum atomic E-state index is 1.08. The van der Waals surface area contributed by atoms with Gasteiger partial charge in [-0.05, 0) is 44.8 Å². The van der Waals surface area contributed by atoms with E-state index in [1.54, 1.807) is 0 Å². The molecule has 0 atom stereocenters. The van der Waals surface area contributed by atoms with Crippen LogP contribution in [0.1, 0.15) is 32.3 Å². The molecule has 1 rings (SSSR count). The van der Waals surface area contributed by atoms with Gasteiger partial charge in [0.2, 0.25) is 0 Å². The summed E-state index contributed by atoms with van der Waals surface area (Å²) in [4.78, 5) is 0. The maximum Gasteiger partial charge on any atom is -0.00142 e. The molecule has 0 spiro atoms. The van der Waals surface area contributed by atoms with Crippen molar-refractivity contribution in [1.82, 2.24) is 5.32 Å². The van der Waals surface area contributed by atoms with E-state index in [0.29, 0.717) is 0 Å². The lowest BCUT2D eigenvalue weighted by Crippen LogP contribution is -2.15. The zero-order valence-corrected chi connectivity index (χ0v) is 10.5. The molecular weight excluding hydrogens is 194 g/mol. The van der Waals surface area contributed by atoms with Gasteiger partial charge in [-0.1, -0.05) is 48.9 Å². The van der Waals surface area contributed by atoms with Crippen molar-refractivity contribution in [3.63, 3.8) is 0 Å². The van der Waals surface area contributed by atoms with Crippen molar-refractivity contribution in [2.45, 2.75) is 33.1 Å². The first kappa shape index (κ1) is 13.0. The van der Waals surface area contributed by atoms with Crippen molar-refractivity contribution in [3.8, 4) is 0 Å². The van der Waals surface area contributed by atoms with Crippen LogP contribution in [0.25, 0.3) is 0 Å². The Bertz CT molecular complexity index is 300. The standard InChI is InChI=1S/C15H23N/c1-3-11-16-12-7-8-14(2)13-15-9-5-4-6-10-15/h4-6,8-10,16H,3,7,11-13H2,1-2H3. The third-order valence-electron chi connectivity index (χ3n) is 2.57. The summed E-state index contributed by atoms with van der Waals surface area (Å²) in [6.45, 7) is 6.64. The van der Waals surface area contributed by atoms with Crippen LogP contribution in [0.4, 0.5) is 0 Å². The van der Waals surface area contributed by atoms with Gasteiger partial charge in [-0.25, -0.2) is 0 Å². The SMILES string of the molecule is CCCNCCC=C(C)Cc1ccccc1. The van der Waals surface area contributed by atoms with Gasteiger partial charge in [0, 0.05) is 0 Å². The fraction of sp³-hybridized carbons (Fsp3) is 0.467. The molecule has 0 unspecified atom stereocenters. The molecule has 0 radical (unpaired) electrons. The van der Waals surface area contributed by atoms with Crippen LogP contribution in [-0.2, 0) is 6.42 Å². The van der Waals surface area contributed by atoms with Gasteiger partial charge in [-0.3, -0.25) is 0 Å². The first-order valence-corrected chi connectivity index (χ1v) is 6.23. The quantitative estimate of drug-likeness (QED) is 0.544. The molecule has 0 aliphatic carbocycles. The monoisotopic (exact) mass is 217 g/mol. The highest BCUT2D eigenvalue weighted by Crippen LogP contribution is 2.07. The molecule has 0 aliphatic heterocycles. The summed E-state index contributed by atoms with van der Waals surface area (Å²) in [5.41, 5.74) is 2.86. The van der Waals surface area contributed by atoms with E-state index in [1.807, 2.05) is 0 Å². The largest absolute Gasteiger partial charge is 0.316 e. The van der Waals surface area contributed by atoms with E-state index >= 15 is 0 Å². The number of benzene rings is 1. The molecular formula is C15H23N. The molecule has 1 nitrogen and oxygen atoms in total. The highest BCUT2D eigenvalue weighted by Gasteiger charge is 1.93. The molecule has 1 heteroatoms. The van der Waals surface area contributed by atoms with Crippen molar-refractivity contribution in [1.29, 1.82) is 0 Å². The lowest BCUT2D eigenvalue weighted by molar-refractivity contribution is 0.677. The first-order valence-electron chi connectivity index (χ1n) is 6.23. The van der Waals surface area contributed by atoms with Crippen molar-refractivity contribution in [3.05, 3.63) is 47.5 Å². The Labute approximate surface area is 99.6 Å². The van der Waals surface area contributed by atoms with Crippen LogP contribution in [-0.4, -0.2) is 13.1 Å². The molecule has 0 fully saturated rings. The normalized spacial score (nSPS) is 11.8. The van der Waals surface area contributed by atoms with Crippen LogP contribution < -0.4 is 5.32 Å². The number of rotatable bonds is 7. The zero-order chi connectivity index (χ0) is 11.6. The van der Waals surface area contributed by atoms with Crippen LogP contribution >= 0.6 is 0 Å². The van der Waals surface area contributed by atoms with Crippen LogP contribution in [0.5, 0.6) is 0 Å². The predicted molar refractivity (Wildman–Crippen MR) is 71.7 cm³/mol. The third-order valence-corrected chi connectivity index (χ3v) is 2.57. The summed E-state index contributed by atoms with van der Waals surface area (Å²) in [7, 11) is 0. The maximum atomic E-state index is 3.41. The molecule has 16 heavy (non-hydrogen) atoms. The Morgan fingerprint density at radius 3 is 2.62 bits per heavy atom. The van der Waals surface area contributed by atoms with Gasteiger partial charge in [0.15, 0.2) is 0 Å². The van der Waals surface area contributed by atoms with E-state index in [9.17, 15) is 0 Å². The summed E-state index contributed by atoms with van der Waals surface area (Å²) in [6, 6.07) is 10.6. The highest BCUT2D eigenvalue weighted by atomic mass is 14.8. The van der Waals surface area contributed by atoms with Crippen LogP contribution in [0.2, 0.25) is 0 Å². The lowest BCUT2D eigenvalue weighted by Gasteiger charge is -2.03. The maximum absolute atomic E-state index is 3.41. The topological polar surface area (TPSA) is 12.0 Å². The van der Waals surface area contributed by atoms with Gasteiger partial charge >= 0.3 is 0 Å². The summed E-state index contributed by atoms with van der Waals surface area (Å²) in [5, 5.41) is 3.41. The summed E-state index contributed by atoms with van der Waals surface area (Å²) in [6.07, 6.45) is 5.77. The predicted octanol–water partition coefficient (Wildman–Crippen LogP) is 3.57. The second kappa shape index (κ2) is 8.12. The number of nitrogens with one attached hydrogen (secondary N) is 1. The molecule has 0 saturated heterocycles. The lowest BCUT2D eigenvalue weighted by atomic mass is 10.1. The third kappa shape index (κ3) is 5.72. The number of hydrogen-bond acceptors (Lipinski definition) is 1. The molecule has 0 amide bonds. The Balaban J connectivity index is 2.24. The second-order valence-electron chi connectivity index (χ2n) is 4.25. The van der Waals surface area contributed by atoms with E-state index in [1.165, 1.54) is 17.6 Å². The summed E-state index contributed by atoms with van der Waals surface area (Å²) < 4.78 is 0. The summed E-state index contributed by atoms with van der Waals surface area (Å²) in [5.74, 6) is 0. The van der Waals surface area contributed by atoms with Crippen LogP contribution in [0, 0.1) is 0 Å². The van der Waals surface area contributed by atoms with Gasteiger partial charge in [0.1, 0.15) is 0 Å². The van der Waals surface area contributed by atoms with E-state index < -0.39 is 0 Å². The molecule has 1 aromatic rings. The zero-order valence-electron chi connectivity index (χ0n) is 10.5. The second-order valence-corrected chi connectivity index (χ2v) is 4.25. The molecule has 1 N–H and O–H groups in total. The van der Waals surface area contributed by atoms with Crippen LogP contribution in [0.15, 0.2) is 42.0 Å². The Kier molecular flexibility index (Phi) is 6.59. The molecule has 0 bridgehead atoms. The Hall–Kier alpha value is -1.08. The van der Waals surface area contributed by atoms with E-state index in [4.69, 9.17) is 0 Å². The van der Waals surface area contributed by atoms with Gasteiger partial charge in [0.25, 0.3) is 0 Å². The van der Waals surface area contributed by atoms with Gasteiger partial charge in [-0.15, -0.1) is 0 Å². The van der Waals surface area contributed by atoms with Crippen molar-refractivity contribution < 1.29 is 0 Å².